The Morgan fingerprint density at radius 1 is 1.14 bits per heavy atom. The van der Waals surface area contributed by atoms with Crippen molar-refractivity contribution in [3.63, 3.8) is 0 Å². The second kappa shape index (κ2) is 8.66. The fraction of sp³-hybridized carbons (Fsp3) is 1.00. The van der Waals surface area contributed by atoms with Gasteiger partial charge in [0.2, 0.25) is 10.0 Å². The van der Waals surface area contributed by atoms with Gasteiger partial charge in [-0.15, -0.1) is 10.8 Å². The maximum absolute atomic E-state index is 11.4. The van der Waals surface area contributed by atoms with Crippen LogP contribution in [0.15, 0.2) is 0 Å². The third-order valence-corrected chi connectivity index (χ3v) is 6.21. The summed E-state index contributed by atoms with van der Waals surface area (Å²) in [7, 11) is -2.16. The average Bonchev–Trinajstić information content (AvgIpc) is 2.86. The molecule has 1 heterocycles. The molecule has 1 saturated heterocycles. The summed E-state index contributed by atoms with van der Waals surface area (Å²) in [6.07, 6.45) is 3.44. The van der Waals surface area contributed by atoms with Crippen LogP contribution in [0.2, 0.25) is 0 Å². The lowest BCUT2D eigenvalue weighted by Crippen LogP contribution is -2.40. The highest BCUT2D eigenvalue weighted by Gasteiger charge is 2.30. The largest absolute Gasteiger partial charge is 0.301 e. The van der Waals surface area contributed by atoms with Crippen LogP contribution in [0.5, 0.6) is 0 Å². The van der Waals surface area contributed by atoms with E-state index in [4.69, 9.17) is 0 Å². The summed E-state index contributed by atoms with van der Waals surface area (Å²) in [6.45, 7) is 6.28. The van der Waals surface area contributed by atoms with Gasteiger partial charge >= 0.3 is 0 Å². The maximum Gasteiger partial charge on any atom is 0.211 e. The van der Waals surface area contributed by atoms with Crippen LogP contribution in [0.25, 0.3) is 0 Å². The van der Waals surface area contributed by atoms with E-state index in [1.165, 1.54) is 21.1 Å². The number of likely N-dealkylation sites (N-methyl/N-ethyl adjacent to an activating group) is 2. The van der Waals surface area contributed by atoms with E-state index in [0.29, 0.717) is 26.2 Å². The van der Waals surface area contributed by atoms with Crippen LogP contribution >= 0.6 is 10.8 Å². The average molecular weight is 346 g/mol. The van der Waals surface area contributed by atoms with Crippen molar-refractivity contribution in [2.75, 3.05) is 52.8 Å². The van der Waals surface area contributed by atoms with Gasteiger partial charge in [0.05, 0.1) is 6.26 Å². The predicted molar refractivity (Wildman–Crippen MR) is 90.2 cm³/mol. The van der Waals surface area contributed by atoms with E-state index >= 15 is 0 Å². The van der Waals surface area contributed by atoms with E-state index < -0.39 is 20.8 Å². The van der Waals surface area contributed by atoms with Gasteiger partial charge in [0.25, 0.3) is 0 Å². The Kier molecular flexibility index (Phi) is 8.70. The van der Waals surface area contributed by atoms with Gasteiger partial charge < -0.3 is 4.90 Å². The van der Waals surface area contributed by atoms with Crippen LogP contribution in [0.4, 0.5) is 0 Å². The summed E-state index contributed by atoms with van der Waals surface area (Å²) in [5, 5.41) is 0. The van der Waals surface area contributed by atoms with Crippen molar-refractivity contribution in [1.29, 1.82) is 0 Å². The molecule has 0 bridgehead atoms. The first kappa shape index (κ1) is 21.1. The minimum Gasteiger partial charge on any atom is -0.301 e. The summed E-state index contributed by atoms with van der Waals surface area (Å²) in [5.41, 5.74) is 0. The number of nitrogens with zero attached hydrogens (tertiary/aromatic N) is 3. The molecule has 1 rings (SSSR count). The van der Waals surface area contributed by atoms with Crippen molar-refractivity contribution >= 4 is 20.8 Å². The molecule has 21 heavy (non-hydrogen) atoms. The number of hydrogen-bond donors (Lipinski definition) is 2. The predicted octanol–water partition coefficient (Wildman–Crippen LogP) is 1.21. The van der Waals surface area contributed by atoms with E-state index in [1.807, 2.05) is 20.9 Å². The van der Waals surface area contributed by atoms with Crippen LogP contribution in [0, 0.1) is 0 Å². The molecule has 0 aliphatic carbocycles. The molecule has 0 aromatic carbocycles. The Hall–Kier alpha value is 0.1000. The van der Waals surface area contributed by atoms with Gasteiger partial charge in [0.1, 0.15) is 0 Å². The zero-order valence-electron chi connectivity index (χ0n) is 14.0. The van der Waals surface area contributed by atoms with Gasteiger partial charge in [-0.25, -0.2) is 17.0 Å². The molecule has 0 radical (unpaired) electrons. The van der Waals surface area contributed by atoms with Gasteiger partial charge in [-0.1, -0.05) is 13.8 Å². The minimum absolute atomic E-state index is 0.196. The Morgan fingerprint density at radius 2 is 1.67 bits per heavy atom. The normalized spacial score (nSPS) is 21.5. The summed E-state index contributed by atoms with van der Waals surface area (Å²) < 4.78 is 44.8. The molecule has 1 aliphatic heterocycles. The molecule has 0 aromatic heterocycles. The molecule has 7 nitrogen and oxygen atoms in total. The fourth-order valence-corrected chi connectivity index (χ4v) is 3.33. The number of sulfonamides is 1. The Balaban J connectivity index is 0.00000191. The van der Waals surface area contributed by atoms with Crippen molar-refractivity contribution < 1.29 is 17.5 Å². The van der Waals surface area contributed by atoms with Crippen molar-refractivity contribution in [2.24, 2.45) is 0 Å². The molecule has 0 amide bonds. The van der Waals surface area contributed by atoms with Crippen LogP contribution in [-0.2, 0) is 10.0 Å². The standard InChI is InChI=1S/C10H25N3O4S2.C2H6/c1-11(7-8-12(2)18(3,14)15)10-5-6-13(9-10)19(4,16)17;1-2/h10,14-15H,5-9H2,1-4H3;1-2H3. The molecule has 1 fully saturated rings. The molecule has 130 valence electrons. The maximum atomic E-state index is 11.4. The Bertz CT molecular complexity index is 398. The van der Waals surface area contributed by atoms with Crippen LogP contribution in [-0.4, -0.2) is 89.9 Å². The molecule has 2 N–H and O–H groups in total. The van der Waals surface area contributed by atoms with Gasteiger partial charge in [-0.2, -0.15) is 0 Å². The van der Waals surface area contributed by atoms with Crippen molar-refractivity contribution in [2.45, 2.75) is 26.3 Å². The molecule has 1 unspecified atom stereocenters. The zero-order chi connectivity index (χ0) is 16.8. The second-order valence-electron chi connectivity index (χ2n) is 5.19. The first-order valence-electron chi connectivity index (χ1n) is 7.11. The van der Waals surface area contributed by atoms with Gasteiger partial charge in [-0.05, 0) is 13.5 Å². The van der Waals surface area contributed by atoms with Crippen molar-refractivity contribution in [3.8, 4) is 0 Å². The van der Waals surface area contributed by atoms with E-state index in [9.17, 15) is 17.5 Å². The van der Waals surface area contributed by atoms with Gasteiger partial charge in [-0.3, -0.25) is 9.11 Å². The van der Waals surface area contributed by atoms with Crippen LogP contribution < -0.4 is 0 Å². The molecule has 0 saturated carbocycles. The highest BCUT2D eigenvalue weighted by Crippen LogP contribution is 2.36. The number of hydrogen-bond acceptors (Lipinski definition) is 6. The zero-order valence-corrected chi connectivity index (χ0v) is 15.6. The summed E-state index contributed by atoms with van der Waals surface area (Å²) >= 11 is 0. The molecule has 0 spiro atoms. The van der Waals surface area contributed by atoms with E-state index in [1.54, 1.807) is 7.05 Å². The van der Waals surface area contributed by atoms with E-state index in [-0.39, 0.29) is 6.04 Å². The number of rotatable bonds is 6. The fourth-order valence-electron chi connectivity index (χ4n) is 2.03. The van der Waals surface area contributed by atoms with Gasteiger partial charge in [0.15, 0.2) is 0 Å². The third-order valence-electron chi connectivity index (χ3n) is 3.58. The second-order valence-corrected chi connectivity index (χ2v) is 9.38. The Morgan fingerprint density at radius 3 is 2.05 bits per heavy atom. The molecular formula is C12H31N3O4S2. The Labute approximate surface area is 131 Å². The highest BCUT2D eigenvalue weighted by atomic mass is 32.3. The highest BCUT2D eigenvalue weighted by molar-refractivity contribution is 8.21. The first-order chi connectivity index (χ1) is 9.51. The van der Waals surface area contributed by atoms with Crippen molar-refractivity contribution in [1.82, 2.24) is 13.5 Å². The summed E-state index contributed by atoms with van der Waals surface area (Å²) in [6, 6.07) is 0.196. The topological polar surface area (TPSA) is 84.3 Å². The smallest absolute Gasteiger partial charge is 0.211 e. The molecule has 0 aromatic rings. The lowest BCUT2D eigenvalue weighted by atomic mass is 10.2. The van der Waals surface area contributed by atoms with E-state index in [2.05, 4.69) is 4.90 Å². The first-order valence-corrected chi connectivity index (χ1v) is 10.9. The monoisotopic (exact) mass is 345 g/mol. The summed E-state index contributed by atoms with van der Waals surface area (Å²) in [4.78, 5) is 2.08. The summed E-state index contributed by atoms with van der Waals surface area (Å²) in [5.74, 6) is 0. The molecule has 9 heteroatoms. The third kappa shape index (κ3) is 7.27. The lowest BCUT2D eigenvalue weighted by molar-refractivity contribution is 0.233. The molecular weight excluding hydrogens is 314 g/mol. The SMILES string of the molecule is CC.CN(CCN(C)S(C)(O)O)C1CCN(S(C)(=O)=O)C1. The lowest BCUT2D eigenvalue weighted by Gasteiger charge is -2.38. The van der Waals surface area contributed by atoms with Gasteiger partial charge in [0, 0.05) is 45.5 Å². The van der Waals surface area contributed by atoms with E-state index in [0.717, 1.165) is 6.42 Å². The van der Waals surface area contributed by atoms with Crippen molar-refractivity contribution in [3.05, 3.63) is 0 Å². The van der Waals surface area contributed by atoms with Crippen LogP contribution in [0.1, 0.15) is 20.3 Å². The quantitative estimate of drug-likeness (QED) is 0.753. The molecule has 1 aliphatic rings. The molecule has 1 atom stereocenters. The van der Waals surface area contributed by atoms with Crippen LogP contribution in [0.3, 0.4) is 0 Å². The minimum atomic E-state index is -3.10.